The Kier molecular flexibility index (Phi) is 5.49. The third-order valence-corrected chi connectivity index (χ3v) is 2.56. The lowest BCUT2D eigenvalue weighted by Gasteiger charge is -2.18. The van der Waals surface area contributed by atoms with E-state index in [0.29, 0.717) is 6.54 Å². The van der Waals surface area contributed by atoms with Crippen molar-refractivity contribution in [3.63, 3.8) is 0 Å². The molecule has 0 aromatic heterocycles. The van der Waals surface area contributed by atoms with E-state index in [9.17, 15) is 4.79 Å². The van der Waals surface area contributed by atoms with Gasteiger partial charge in [0.2, 0.25) is 0 Å². The maximum atomic E-state index is 11.8. The second-order valence-corrected chi connectivity index (χ2v) is 3.98. The van der Waals surface area contributed by atoms with Crippen LogP contribution in [-0.2, 0) is 6.42 Å². The Balaban J connectivity index is 2.70. The topological polar surface area (TPSA) is 52.6 Å². The summed E-state index contributed by atoms with van der Waals surface area (Å²) in [5.74, 6) is 0. The van der Waals surface area contributed by atoms with Crippen LogP contribution in [0, 0.1) is 0 Å². The highest BCUT2D eigenvalue weighted by Gasteiger charge is 2.09. The zero-order valence-electron chi connectivity index (χ0n) is 10.4. The van der Waals surface area contributed by atoms with E-state index >= 15 is 0 Å². The van der Waals surface area contributed by atoms with Crippen molar-refractivity contribution in [2.45, 2.75) is 19.8 Å². The molecule has 4 heteroatoms. The van der Waals surface area contributed by atoms with Gasteiger partial charge in [-0.3, -0.25) is 0 Å². The van der Waals surface area contributed by atoms with Gasteiger partial charge in [-0.05, 0) is 18.1 Å². The van der Waals surface area contributed by atoms with E-state index in [0.717, 1.165) is 24.1 Å². The van der Waals surface area contributed by atoms with Crippen LogP contribution in [0.2, 0.25) is 0 Å². The lowest BCUT2D eigenvalue weighted by molar-refractivity contribution is 0.202. The predicted molar refractivity (Wildman–Crippen MR) is 69.2 cm³/mol. The molecule has 4 nitrogen and oxygen atoms in total. The van der Waals surface area contributed by atoms with Crippen molar-refractivity contribution in [3.05, 3.63) is 29.8 Å². The van der Waals surface area contributed by atoms with Crippen LogP contribution in [0.15, 0.2) is 24.3 Å². The molecule has 94 valence electrons. The van der Waals surface area contributed by atoms with Gasteiger partial charge < -0.3 is 15.3 Å². The van der Waals surface area contributed by atoms with Crippen LogP contribution >= 0.6 is 0 Å². The average Bonchev–Trinajstić information content (AvgIpc) is 2.32. The lowest BCUT2D eigenvalue weighted by atomic mass is 10.1. The van der Waals surface area contributed by atoms with Crippen molar-refractivity contribution in [3.8, 4) is 0 Å². The molecule has 0 fully saturated rings. The molecule has 0 saturated carbocycles. The van der Waals surface area contributed by atoms with E-state index in [1.54, 1.807) is 7.05 Å². The number of para-hydroxylation sites is 1. The van der Waals surface area contributed by atoms with E-state index in [1.807, 2.05) is 24.3 Å². The number of nitrogens with zero attached hydrogens (tertiary/aromatic N) is 1. The van der Waals surface area contributed by atoms with Crippen LogP contribution in [-0.4, -0.2) is 36.2 Å². The normalized spacial score (nSPS) is 10.1. The maximum absolute atomic E-state index is 11.8. The molecule has 2 amide bonds. The monoisotopic (exact) mass is 236 g/mol. The van der Waals surface area contributed by atoms with E-state index in [2.05, 4.69) is 12.2 Å². The molecule has 17 heavy (non-hydrogen) atoms. The first kappa shape index (κ1) is 13.5. The minimum Gasteiger partial charge on any atom is -0.395 e. The zero-order chi connectivity index (χ0) is 12.7. The molecule has 1 aromatic rings. The Morgan fingerprint density at radius 1 is 1.41 bits per heavy atom. The van der Waals surface area contributed by atoms with Crippen LogP contribution in [0.4, 0.5) is 10.5 Å². The fourth-order valence-corrected chi connectivity index (χ4v) is 1.59. The second-order valence-electron chi connectivity index (χ2n) is 3.98. The number of carbonyl (C=O) groups excluding carboxylic acids is 1. The summed E-state index contributed by atoms with van der Waals surface area (Å²) in [4.78, 5) is 13.2. The number of benzene rings is 1. The van der Waals surface area contributed by atoms with Crippen LogP contribution in [0.1, 0.15) is 18.9 Å². The van der Waals surface area contributed by atoms with Crippen LogP contribution in [0.25, 0.3) is 0 Å². The van der Waals surface area contributed by atoms with Gasteiger partial charge in [0.1, 0.15) is 0 Å². The summed E-state index contributed by atoms with van der Waals surface area (Å²) in [6, 6.07) is 7.60. The van der Waals surface area contributed by atoms with Crippen LogP contribution < -0.4 is 5.32 Å². The summed E-state index contributed by atoms with van der Waals surface area (Å²) in [6.45, 7) is 2.42. The SMILES string of the molecule is CCCc1ccccc1NC(=O)N(C)CCO. The molecule has 0 aliphatic heterocycles. The van der Waals surface area contributed by atoms with E-state index in [4.69, 9.17) is 5.11 Å². The first-order valence-corrected chi connectivity index (χ1v) is 5.90. The molecule has 0 bridgehead atoms. The molecular weight excluding hydrogens is 216 g/mol. The third-order valence-electron chi connectivity index (χ3n) is 2.56. The fraction of sp³-hybridized carbons (Fsp3) is 0.462. The second kappa shape index (κ2) is 6.91. The lowest BCUT2D eigenvalue weighted by Crippen LogP contribution is -2.33. The highest BCUT2D eigenvalue weighted by molar-refractivity contribution is 5.89. The van der Waals surface area contributed by atoms with Crippen molar-refractivity contribution in [2.75, 3.05) is 25.5 Å². The summed E-state index contributed by atoms with van der Waals surface area (Å²) in [5.41, 5.74) is 1.99. The van der Waals surface area contributed by atoms with Gasteiger partial charge in [-0.15, -0.1) is 0 Å². The fourth-order valence-electron chi connectivity index (χ4n) is 1.59. The molecule has 0 radical (unpaired) electrons. The third kappa shape index (κ3) is 4.07. The van der Waals surface area contributed by atoms with E-state index in [-0.39, 0.29) is 12.6 Å². The summed E-state index contributed by atoms with van der Waals surface area (Å²) >= 11 is 0. The number of aliphatic hydroxyl groups is 1. The molecule has 2 N–H and O–H groups in total. The standard InChI is InChI=1S/C13H20N2O2/c1-3-6-11-7-4-5-8-12(11)14-13(17)15(2)9-10-16/h4-5,7-8,16H,3,6,9-10H2,1-2H3,(H,14,17). The molecule has 0 aliphatic rings. The van der Waals surface area contributed by atoms with Gasteiger partial charge in [0.15, 0.2) is 0 Å². The Morgan fingerprint density at radius 2 is 2.12 bits per heavy atom. The Bertz CT molecular complexity index is 366. The van der Waals surface area contributed by atoms with Gasteiger partial charge >= 0.3 is 6.03 Å². The summed E-state index contributed by atoms with van der Waals surface area (Å²) in [6.07, 6.45) is 1.99. The van der Waals surface area contributed by atoms with Gasteiger partial charge in [0, 0.05) is 19.3 Å². The van der Waals surface area contributed by atoms with Gasteiger partial charge in [-0.2, -0.15) is 0 Å². The minimum atomic E-state index is -0.192. The van der Waals surface area contributed by atoms with Crippen molar-refractivity contribution in [1.82, 2.24) is 4.90 Å². The predicted octanol–water partition coefficient (Wildman–Crippen LogP) is 2.10. The van der Waals surface area contributed by atoms with Crippen LogP contribution in [0.3, 0.4) is 0 Å². The quantitative estimate of drug-likeness (QED) is 0.822. The van der Waals surface area contributed by atoms with Gasteiger partial charge in [0.25, 0.3) is 0 Å². The number of urea groups is 1. The Hall–Kier alpha value is -1.55. The number of hydrogen-bond acceptors (Lipinski definition) is 2. The number of carbonyl (C=O) groups is 1. The Morgan fingerprint density at radius 3 is 2.76 bits per heavy atom. The molecule has 0 atom stereocenters. The number of amides is 2. The number of anilines is 1. The molecule has 1 rings (SSSR count). The highest BCUT2D eigenvalue weighted by Crippen LogP contribution is 2.17. The smallest absolute Gasteiger partial charge is 0.321 e. The summed E-state index contributed by atoms with van der Waals surface area (Å²) in [7, 11) is 1.66. The molecule has 0 heterocycles. The number of nitrogens with one attached hydrogen (secondary N) is 1. The number of hydrogen-bond donors (Lipinski definition) is 2. The van der Waals surface area contributed by atoms with E-state index in [1.165, 1.54) is 4.90 Å². The zero-order valence-corrected chi connectivity index (χ0v) is 10.4. The number of aliphatic hydroxyl groups excluding tert-OH is 1. The first-order valence-electron chi connectivity index (χ1n) is 5.90. The molecular formula is C13H20N2O2. The molecule has 0 spiro atoms. The molecule has 1 aromatic carbocycles. The minimum absolute atomic E-state index is 0.0273. The largest absolute Gasteiger partial charge is 0.395 e. The summed E-state index contributed by atoms with van der Waals surface area (Å²) in [5, 5.41) is 11.6. The summed E-state index contributed by atoms with van der Waals surface area (Å²) < 4.78 is 0. The van der Waals surface area contributed by atoms with Gasteiger partial charge in [0.05, 0.1) is 6.61 Å². The van der Waals surface area contributed by atoms with Gasteiger partial charge in [-0.25, -0.2) is 4.79 Å². The van der Waals surface area contributed by atoms with Crippen LogP contribution in [0.5, 0.6) is 0 Å². The number of rotatable bonds is 5. The van der Waals surface area contributed by atoms with Crippen molar-refractivity contribution >= 4 is 11.7 Å². The van der Waals surface area contributed by atoms with E-state index < -0.39 is 0 Å². The maximum Gasteiger partial charge on any atom is 0.321 e. The highest BCUT2D eigenvalue weighted by atomic mass is 16.3. The number of likely N-dealkylation sites (N-methyl/N-ethyl adjacent to an activating group) is 1. The average molecular weight is 236 g/mol. The number of aryl methyl sites for hydroxylation is 1. The van der Waals surface area contributed by atoms with Crippen molar-refractivity contribution < 1.29 is 9.90 Å². The molecule has 0 unspecified atom stereocenters. The van der Waals surface area contributed by atoms with Crippen molar-refractivity contribution in [2.24, 2.45) is 0 Å². The molecule has 0 aliphatic carbocycles. The van der Waals surface area contributed by atoms with Gasteiger partial charge in [-0.1, -0.05) is 31.5 Å². The Labute approximate surface area is 102 Å². The first-order chi connectivity index (χ1) is 8.19. The molecule has 0 saturated heterocycles. The van der Waals surface area contributed by atoms with Crippen molar-refractivity contribution in [1.29, 1.82) is 0 Å².